The minimum atomic E-state index is -0.0803. The van der Waals surface area contributed by atoms with Gasteiger partial charge in [0.2, 0.25) is 6.79 Å². The summed E-state index contributed by atoms with van der Waals surface area (Å²) < 4.78 is 18.0. The second-order valence-electron chi connectivity index (χ2n) is 11.9. The van der Waals surface area contributed by atoms with Crippen molar-refractivity contribution in [3.63, 3.8) is 0 Å². The molecular weight excluding hydrogens is 652 g/mol. The van der Waals surface area contributed by atoms with E-state index >= 15 is 0 Å². The van der Waals surface area contributed by atoms with E-state index < -0.39 is 0 Å². The van der Waals surface area contributed by atoms with Crippen molar-refractivity contribution in [3.05, 3.63) is 99.6 Å². The molecule has 0 unspecified atom stereocenters. The third-order valence-corrected chi connectivity index (χ3v) is 9.31. The first-order valence-electron chi connectivity index (χ1n) is 15.6. The third kappa shape index (κ3) is 7.94. The summed E-state index contributed by atoms with van der Waals surface area (Å²) in [7, 11) is 1.63. The van der Waals surface area contributed by atoms with E-state index in [1.54, 1.807) is 13.2 Å². The van der Waals surface area contributed by atoms with Crippen LogP contribution in [0.3, 0.4) is 0 Å². The van der Waals surface area contributed by atoms with Gasteiger partial charge in [-0.05, 0) is 63.6 Å². The molecule has 1 heterocycles. The first kappa shape index (κ1) is 34.6. The van der Waals surface area contributed by atoms with Gasteiger partial charge in [-0.15, -0.1) is 0 Å². The Kier molecular flexibility index (Phi) is 11.8. The van der Waals surface area contributed by atoms with Gasteiger partial charge in [-0.2, -0.15) is 0 Å². The predicted octanol–water partition coefficient (Wildman–Crippen LogP) is 5.33. The number of methoxy groups -OCH3 is 1. The monoisotopic (exact) mass is 694 g/mol. The van der Waals surface area contributed by atoms with Crippen LogP contribution in [0.2, 0.25) is 5.02 Å². The maximum atomic E-state index is 14.3. The number of ether oxygens (including phenoxy) is 3. The normalized spacial score (nSPS) is 12.2. The van der Waals surface area contributed by atoms with Gasteiger partial charge in [0.25, 0.3) is 5.91 Å². The molecule has 0 saturated carbocycles. The summed E-state index contributed by atoms with van der Waals surface area (Å²) in [5, 5.41) is 2.50. The molecule has 0 spiro atoms. The van der Waals surface area contributed by atoms with E-state index in [0.717, 1.165) is 59.8 Å². The highest BCUT2D eigenvalue weighted by atomic mass is 79.9. The molecule has 1 amide bonds. The lowest BCUT2D eigenvalue weighted by molar-refractivity contribution is -0.938. The van der Waals surface area contributed by atoms with E-state index in [4.69, 9.17) is 25.8 Å². The smallest absolute Gasteiger partial charge is 0.257 e. The van der Waals surface area contributed by atoms with Crippen molar-refractivity contribution in [2.75, 3.05) is 40.1 Å². The predicted molar refractivity (Wildman–Crippen MR) is 178 cm³/mol. The molecule has 45 heavy (non-hydrogen) atoms. The van der Waals surface area contributed by atoms with Crippen LogP contribution in [0.4, 0.5) is 0 Å². The Morgan fingerprint density at radius 1 is 0.933 bits per heavy atom. The van der Waals surface area contributed by atoms with Crippen LogP contribution in [0, 0.1) is 13.8 Å². The highest BCUT2D eigenvalue weighted by molar-refractivity contribution is 6.31. The molecule has 240 valence electrons. The molecule has 0 aliphatic carbocycles. The van der Waals surface area contributed by atoms with Gasteiger partial charge in [-0.1, -0.05) is 71.3 Å². The fraction of sp³-hybridized carbons (Fsp3) is 0.378. The number of benzene rings is 4. The second-order valence-corrected chi connectivity index (χ2v) is 12.4. The van der Waals surface area contributed by atoms with Crippen LogP contribution >= 0.6 is 11.6 Å². The molecule has 0 aromatic heterocycles. The number of quaternary nitrogens is 1. The number of hydrogen-bond acceptors (Lipinski definition) is 4. The second kappa shape index (κ2) is 15.4. The largest absolute Gasteiger partial charge is 1.00 e. The van der Waals surface area contributed by atoms with E-state index in [0.29, 0.717) is 40.9 Å². The maximum Gasteiger partial charge on any atom is 0.257 e. The number of rotatable bonds is 13. The number of amides is 1. The zero-order valence-corrected chi connectivity index (χ0v) is 29.3. The third-order valence-electron chi connectivity index (χ3n) is 8.96. The van der Waals surface area contributed by atoms with Crippen molar-refractivity contribution in [2.45, 2.75) is 53.6 Å². The van der Waals surface area contributed by atoms with Crippen molar-refractivity contribution in [2.24, 2.45) is 0 Å². The number of unbranched alkanes of at least 4 members (excludes halogenated alkanes) is 1. The number of carbonyl (C=O) groups excluding carboxylic acids is 1. The summed E-state index contributed by atoms with van der Waals surface area (Å²) in [5.41, 5.74) is 5.39. The van der Waals surface area contributed by atoms with E-state index in [9.17, 15) is 4.79 Å². The minimum Gasteiger partial charge on any atom is -1.00 e. The molecule has 0 N–H and O–H groups in total. The van der Waals surface area contributed by atoms with Gasteiger partial charge in [0.05, 0.1) is 32.3 Å². The molecule has 0 saturated heterocycles. The van der Waals surface area contributed by atoms with Crippen molar-refractivity contribution in [1.82, 2.24) is 4.90 Å². The van der Waals surface area contributed by atoms with E-state index in [1.165, 1.54) is 16.7 Å². The number of halogens is 2. The van der Waals surface area contributed by atoms with Crippen molar-refractivity contribution in [3.8, 4) is 17.2 Å². The lowest BCUT2D eigenvalue weighted by Crippen LogP contribution is -3.00. The van der Waals surface area contributed by atoms with Crippen molar-refractivity contribution >= 4 is 28.3 Å². The molecule has 5 rings (SSSR count). The van der Waals surface area contributed by atoms with Gasteiger partial charge in [0.15, 0.2) is 11.5 Å². The van der Waals surface area contributed by atoms with Crippen LogP contribution in [0.5, 0.6) is 17.2 Å². The zero-order chi connectivity index (χ0) is 31.3. The number of fused-ring (bicyclic) bond motifs is 2. The Bertz CT molecular complexity index is 1620. The van der Waals surface area contributed by atoms with Crippen molar-refractivity contribution in [1.29, 1.82) is 0 Å². The molecule has 1 aliphatic heterocycles. The highest BCUT2D eigenvalue weighted by Gasteiger charge is 2.26. The average molecular weight is 696 g/mol. The molecule has 0 radical (unpaired) electrons. The molecular formula is C37H44BrClN2O4. The van der Waals surface area contributed by atoms with E-state index in [-0.39, 0.29) is 29.7 Å². The summed E-state index contributed by atoms with van der Waals surface area (Å²) in [4.78, 5) is 16.2. The van der Waals surface area contributed by atoms with Gasteiger partial charge < -0.3 is 40.6 Å². The van der Waals surface area contributed by atoms with Gasteiger partial charge in [0.1, 0.15) is 12.3 Å². The quantitative estimate of drug-likeness (QED) is 0.140. The fourth-order valence-electron chi connectivity index (χ4n) is 6.48. The SMILES string of the molecule is CC[N+](CC)(CCCCN(Cc1cc2c(cc1Cl)OCO2)C(=O)c1ccc2ccccc2c1OC)Cc1cc(C)cc(C)c1.[Br-]. The maximum absolute atomic E-state index is 14.3. The van der Waals surface area contributed by atoms with Crippen molar-refractivity contribution < 1.29 is 40.5 Å². The molecule has 8 heteroatoms. The van der Waals surface area contributed by atoms with Crippen LogP contribution in [-0.4, -0.2) is 55.4 Å². The minimum absolute atomic E-state index is 0. The molecule has 0 fully saturated rings. The number of nitrogens with zero attached hydrogens (tertiary/aromatic N) is 2. The molecule has 1 aliphatic rings. The average Bonchev–Trinajstić information content (AvgIpc) is 3.47. The van der Waals surface area contributed by atoms with Crippen LogP contribution in [0.15, 0.2) is 66.7 Å². The number of aryl methyl sites for hydroxylation is 2. The summed E-state index contributed by atoms with van der Waals surface area (Å²) in [5.74, 6) is 1.80. The standard InChI is InChI=1S/C37H44ClN2O4.BrH/c1-6-40(7-2,24-28-19-26(3)18-27(4)20-28)17-11-10-16-39(23-30-21-34-35(22-33(30)38)44-25-43-34)37(41)32-15-14-29-12-8-9-13-31(29)36(32)42-5;/h8-9,12-15,18-22H,6-7,10-11,16-17,23-25H2,1-5H3;1H/q+1;/p-1. The Morgan fingerprint density at radius 2 is 1.62 bits per heavy atom. The van der Waals surface area contributed by atoms with E-state index in [1.807, 2.05) is 47.4 Å². The Morgan fingerprint density at radius 3 is 2.31 bits per heavy atom. The summed E-state index contributed by atoms with van der Waals surface area (Å²) in [6.07, 6.45) is 1.87. The summed E-state index contributed by atoms with van der Waals surface area (Å²) in [6, 6.07) is 22.4. The summed E-state index contributed by atoms with van der Waals surface area (Å²) >= 11 is 6.70. The molecule has 4 aromatic rings. The lowest BCUT2D eigenvalue weighted by atomic mass is 10.0. The topological polar surface area (TPSA) is 48.0 Å². The Balaban J connectivity index is 0.00000461. The Labute approximate surface area is 283 Å². The van der Waals surface area contributed by atoms with Crippen LogP contribution in [0.1, 0.15) is 59.3 Å². The summed E-state index contributed by atoms with van der Waals surface area (Å²) in [6.45, 7) is 14.2. The van der Waals surface area contributed by atoms with E-state index in [2.05, 4.69) is 45.9 Å². The van der Waals surface area contributed by atoms with Crippen LogP contribution in [0.25, 0.3) is 10.8 Å². The highest BCUT2D eigenvalue weighted by Crippen LogP contribution is 2.38. The van der Waals surface area contributed by atoms with Crippen LogP contribution in [-0.2, 0) is 13.1 Å². The van der Waals surface area contributed by atoms with Gasteiger partial charge in [0, 0.05) is 35.1 Å². The fourth-order valence-corrected chi connectivity index (χ4v) is 6.69. The Hall–Kier alpha value is -3.26. The first-order valence-corrected chi connectivity index (χ1v) is 16.0. The van der Waals surface area contributed by atoms with Gasteiger partial charge in [-0.25, -0.2) is 0 Å². The molecule has 0 bridgehead atoms. The van der Waals surface area contributed by atoms with Crippen LogP contribution < -0.4 is 31.2 Å². The first-order chi connectivity index (χ1) is 21.3. The van der Waals surface area contributed by atoms with Gasteiger partial charge in [-0.3, -0.25) is 4.79 Å². The molecule has 0 atom stereocenters. The molecule has 4 aromatic carbocycles. The zero-order valence-electron chi connectivity index (χ0n) is 27.0. The number of carbonyl (C=O) groups is 1. The lowest BCUT2D eigenvalue weighted by Gasteiger charge is -2.37. The number of hydrogen-bond donors (Lipinski definition) is 0. The van der Waals surface area contributed by atoms with Gasteiger partial charge >= 0.3 is 0 Å². The molecule has 6 nitrogen and oxygen atoms in total.